The van der Waals surface area contributed by atoms with Crippen molar-refractivity contribution >= 4 is 17.5 Å². The maximum Gasteiger partial charge on any atom is 0.270 e. The zero-order chi connectivity index (χ0) is 18.4. The van der Waals surface area contributed by atoms with Gasteiger partial charge in [-0.25, -0.2) is 9.97 Å². The van der Waals surface area contributed by atoms with E-state index in [-0.39, 0.29) is 5.91 Å². The van der Waals surface area contributed by atoms with E-state index < -0.39 is 0 Å². The van der Waals surface area contributed by atoms with E-state index in [9.17, 15) is 4.79 Å². The van der Waals surface area contributed by atoms with Gasteiger partial charge in [-0.05, 0) is 49.2 Å². The molecular formula is C20H21N5O. The van der Waals surface area contributed by atoms with Crippen LogP contribution in [0.15, 0.2) is 61.1 Å². The summed E-state index contributed by atoms with van der Waals surface area (Å²) in [5.41, 5.74) is 3.43. The smallest absolute Gasteiger partial charge is 0.270 e. The molecule has 0 aliphatic carbocycles. The molecule has 0 bridgehead atoms. The predicted molar refractivity (Wildman–Crippen MR) is 101 cm³/mol. The van der Waals surface area contributed by atoms with E-state index in [0.717, 1.165) is 16.8 Å². The van der Waals surface area contributed by atoms with Crippen LogP contribution in [0.4, 0.5) is 11.6 Å². The van der Waals surface area contributed by atoms with Crippen molar-refractivity contribution in [3.05, 3.63) is 77.9 Å². The third kappa shape index (κ3) is 4.22. The number of rotatable bonds is 6. The van der Waals surface area contributed by atoms with Crippen molar-refractivity contribution < 1.29 is 4.79 Å². The normalized spacial score (nSPS) is 10.4. The van der Waals surface area contributed by atoms with E-state index >= 15 is 0 Å². The molecule has 0 fully saturated rings. The summed E-state index contributed by atoms with van der Waals surface area (Å²) in [5.74, 6) is 0.268. The van der Waals surface area contributed by atoms with Gasteiger partial charge < -0.3 is 10.2 Å². The summed E-state index contributed by atoms with van der Waals surface area (Å²) >= 11 is 0. The number of aromatic nitrogens is 3. The number of carbonyl (C=O) groups is 1. The van der Waals surface area contributed by atoms with Gasteiger partial charge in [0.25, 0.3) is 5.91 Å². The van der Waals surface area contributed by atoms with E-state index in [0.29, 0.717) is 24.7 Å². The Morgan fingerprint density at radius 2 is 2.04 bits per heavy atom. The highest BCUT2D eigenvalue weighted by Gasteiger charge is 2.14. The Morgan fingerprint density at radius 1 is 1.15 bits per heavy atom. The molecule has 0 saturated heterocycles. The number of benzene rings is 1. The average Bonchev–Trinajstić information content (AvgIpc) is 2.68. The van der Waals surface area contributed by atoms with Crippen LogP contribution in [-0.2, 0) is 6.54 Å². The average molecular weight is 347 g/mol. The summed E-state index contributed by atoms with van der Waals surface area (Å²) in [6.45, 7) is 5.17. The third-order valence-electron chi connectivity index (χ3n) is 3.92. The third-order valence-corrected chi connectivity index (χ3v) is 3.92. The van der Waals surface area contributed by atoms with Crippen molar-refractivity contribution in [1.82, 2.24) is 20.3 Å². The molecule has 0 saturated carbocycles. The van der Waals surface area contributed by atoms with Gasteiger partial charge in [-0.1, -0.05) is 18.2 Å². The summed E-state index contributed by atoms with van der Waals surface area (Å²) in [5, 5.41) is 2.86. The standard InChI is InChI=1S/C20H21N5O/c1-3-25(17-8-4-6-15(2)12-17)20-22-11-9-18(24-20)19(26)23-14-16-7-5-10-21-13-16/h4-13H,3,14H2,1-2H3,(H,23,26). The highest BCUT2D eigenvalue weighted by Crippen LogP contribution is 2.22. The lowest BCUT2D eigenvalue weighted by Gasteiger charge is -2.21. The van der Waals surface area contributed by atoms with E-state index in [1.54, 1.807) is 24.7 Å². The molecule has 1 N–H and O–H groups in total. The molecule has 6 nitrogen and oxygen atoms in total. The maximum absolute atomic E-state index is 12.4. The second-order valence-electron chi connectivity index (χ2n) is 5.87. The number of hydrogen-bond acceptors (Lipinski definition) is 5. The fourth-order valence-electron chi connectivity index (χ4n) is 2.62. The summed E-state index contributed by atoms with van der Waals surface area (Å²) in [6.07, 6.45) is 5.04. The molecule has 0 aliphatic heterocycles. The number of anilines is 2. The van der Waals surface area contributed by atoms with Gasteiger partial charge in [0.2, 0.25) is 5.95 Å². The van der Waals surface area contributed by atoms with Gasteiger partial charge in [-0.3, -0.25) is 9.78 Å². The van der Waals surface area contributed by atoms with Crippen LogP contribution in [0.5, 0.6) is 0 Å². The van der Waals surface area contributed by atoms with Crippen molar-refractivity contribution in [3.63, 3.8) is 0 Å². The minimum Gasteiger partial charge on any atom is -0.347 e. The molecule has 3 rings (SSSR count). The first kappa shape index (κ1) is 17.5. The molecule has 26 heavy (non-hydrogen) atoms. The summed E-state index contributed by atoms with van der Waals surface area (Å²) < 4.78 is 0. The van der Waals surface area contributed by atoms with Crippen LogP contribution in [0.25, 0.3) is 0 Å². The second-order valence-corrected chi connectivity index (χ2v) is 5.87. The van der Waals surface area contributed by atoms with Gasteiger partial charge in [0, 0.05) is 37.4 Å². The molecule has 2 heterocycles. The van der Waals surface area contributed by atoms with E-state index in [1.807, 2.05) is 49.1 Å². The van der Waals surface area contributed by atoms with Crippen LogP contribution in [0, 0.1) is 6.92 Å². The lowest BCUT2D eigenvalue weighted by atomic mass is 10.2. The molecule has 0 unspecified atom stereocenters. The molecule has 6 heteroatoms. The van der Waals surface area contributed by atoms with Gasteiger partial charge in [0.05, 0.1) is 0 Å². The van der Waals surface area contributed by atoms with Gasteiger partial charge in [0.15, 0.2) is 0 Å². The van der Waals surface area contributed by atoms with Crippen LogP contribution in [-0.4, -0.2) is 27.4 Å². The van der Waals surface area contributed by atoms with Gasteiger partial charge in [-0.15, -0.1) is 0 Å². The first-order valence-corrected chi connectivity index (χ1v) is 8.51. The summed E-state index contributed by atoms with van der Waals surface area (Å²) in [4.78, 5) is 27.2. The van der Waals surface area contributed by atoms with E-state index in [2.05, 4.69) is 26.3 Å². The van der Waals surface area contributed by atoms with Crippen molar-refractivity contribution in [1.29, 1.82) is 0 Å². The Bertz CT molecular complexity index is 882. The zero-order valence-electron chi connectivity index (χ0n) is 14.9. The van der Waals surface area contributed by atoms with Crippen LogP contribution < -0.4 is 10.2 Å². The lowest BCUT2D eigenvalue weighted by molar-refractivity contribution is 0.0946. The SMILES string of the molecule is CCN(c1cccc(C)c1)c1nccc(C(=O)NCc2cccnc2)n1. The molecule has 3 aromatic rings. The molecule has 1 amide bonds. The van der Waals surface area contributed by atoms with Crippen molar-refractivity contribution in [3.8, 4) is 0 Å². The molecule has 132 valence electrons. The highest BCUT2D eigenvalue weighted by atomic mass is 16.1. The number of hydrogen-bond donors (Lipinski definition) is 1. The summed E-state index contributed by atoms with van der Waals surface area (Å²) in [7, 11) is 0. The molecular weight excluding hydrogens is 326 g/mol. The van der Waals surface area contributed by atoms with Gasteiger partial charge in [-0.2, -0.15) is 0 Å². The Hall–Kier alpha value is -3.28. The second kappa shape index (κ2) is 8.20. The molecule has 0 radical (unpaired) electrons. The minimum absolute atomic E-state index is 0.238. The maximum atomic E-state index is 12.4. The van der Waals surface area contributed by atoms with Crippen LogP contribution >= 0.6 is 0 Å². The Balaban J connectivity index is 1.77. The quantitative estimate of drug-likeness (QED) is 0.741. The van der Waals surface area contributed by atoms with E-state index in [1.165, 1.54) is 0 Å². The topological polar surface area (TPSA) is 71.0 Å². The minimum atomic E-state index is -0.238. The number of amides is 1. The van der Waals surface area contributed by atoms with Crippen molar-refractivity contribution in [2.75, 3.05) is 11.4 Å². The monoisotopic (exact) mass is 347 g/mol. The number of nitrogens with one attached hydrogen (secondary N) is 1. The summed E-state index contributed by atoms with van der Waals surface area (Å²) in [6, 6.07) is 13.5. The molecule has 1 aromatic carbocycles. The molecule has 0 atom stereocenters. The highest BCUT2D eigenvalue weighted by molar-refractivity contribution is 5.92. The largest absolute Gasteiger partial charge is 0.347 e. The Morgan fingerprint density at radius 3 is 2.77 bits per heavy atom. The fourth-order valence-corrected chi connectivity index (χ4v) is 2.62. The van der Waals surface area contributed by atoms with E-state index in [4.69, 9.17) is 0 Å². The van der Waals surface area contributed by atoms with Gasteiger partial charge in [0.1, 0.15) is 5.69 Å². The van der Waals surface area contributed by atoms with Crippen molar-refractivity contribution in [2.45, 2.75) is 20.4 Å². The predicted octanol–water partition coefficient (Wildman–Crippen LogP) is 3.27. The molecule has 2 aromatic heterocycles. The number of carbonyl (C=O) groups excluding carboxylic acids is 1. The number of nitrogens with zero attached hydrogens (tertiary/aromatic N) is 4. The zero-order valence-corrected chi connectivity index (χ0v) is 14.9. The molecule has 0 aliphatic rings. The Kier molecular flexibility index (Phi) is 5.53. The van der Waals surface area contributed by atoms with Crippen LogP contribution in [0.3, 0.4) is 0 Å². The first-order chi connectivity index (χ1) is 12.7. The number of aryl methyl sites for hydroxylation is 1. The van der Waals surface area contributed by atoms with Crippen LogP contribution in [0.1, 0.15) is 28.5 Å². The van der Waals surface area contributed by atoms with Crippen LogP contribution in [0.2, 0.25) is 0 Å². The van der Waals surface area contributed by atoms with Gasteiger partial charge >= 0.3 is 0 Å². The number of pyridine rings is 1. The fraction of sp³-hybridized carbons (Fsp3) is 0.200. The van der Waals surface area contributed by atoms with Crippen molar-refractivity contribution in [2.24, 2.45) is 0 Å². The molecule has 0 spiro atoms. The Labute approximate surface area is 153 Å². The lowest BCUT2D eigenvalue weighted by Crippen LogP contribution is -2.26. The first-order valence-electron chi connectivity index (χ1n) is 8.51.